The first-order chi connectivity index (χ1) is 8.56. The van der Waals surface area contributed by atoms with E-state index in [2.05, 4.69) is 0 Å². The Balaban J connectivity index is 2.21. The minimum atomic E-state index is -0.432. The van der Waals surface area contributed by atoms with E-state index in [9.17, 15) is 10.1 Å². The molecule has 18 heavy (non-hydrogen) atoms. The second-order valence-electron chi connectivity index (χ2n) is 4.55. The fourth-order valence-electron chi connectivity index (χ4n) is 2.27. The molecule has 2 rings (SSSR count). The van der Waals surface area contributed by atoms with Crippen molar-refractivity contribution in [3.8, 4) is 0 Å². The maximum atomic E-state index is 10.7. The largest absolute Gasteiger partial charge is 0.329 e. The molecular weight excluding hydrogens is 272 g/mol. The number of nitro groups is 1. The van der Waals surface area contributed by atoms with Gasteiger partial charge in [-0.05, 0) is 30.6 Å². The molecule has 0 aromatic heterocycles. The van der Waals surface area contributed by atoms with Gasteiger partial charge in [0, 0.05) is 23.4 Å². The molecule has 0 amide bonds. The highest BCUT2D eigenvalue weighted by Crippen LogP contribution is 2.41. The molecule has 0 radical (unpaired) electrons. The van der Waals surface area contributed by atoms with Crippen molar-refractivity contribution >= 4 is 29.1 Å². The number of nitrogens with zero attached hydrogens (tertiary/aromatic N) is 1. The monoisotopic (exact) mass is 286 g/mol. The van der Waals surface area contributed by atoms with Crippen LogP contribution >= 0.6 is 23.4 Å². The summed E-state index contributed by atoms with van der Waals surface area (Å²) in [5, 5.41) is 11.1. The molecule has 0 spiro atoms. The Morgan fingerprint density at radius 3 is 2.83 bits per heavy atom. The van der Waals surface area contributed by atoms with Gasteiger partial charge in [-0.25, -0.2) is 0 Å². The van der Waals surface area contributed by atoms with Gasteiger partial charge in [-0.2, -0.15) is 11.8 Å². The predicted octanol–water partition coefficient (Wildman–Crippen LogP) is 3.02. The number of nitrogens with two attached hydrogens (primary N) is 1. The van der Waals surface area contributed by atoms with Crippen molar-refractivity contribution in [2.24, 2.45) is 5.73 Å². The number of thioether (sulfide) groups is 1. The van der Waals surface area contributed by atoms with E-state index in [4.69, 9.17) is 17.3 Å². The summed E-state index contributed by atoms with van der Waals surface area (Å²) < 4.78 is 0.0553. The molecule has 1 aliphatic rings. The second-order valence-corrected chi connectivity index (χ2v) is 6.52. The summed E-state index contributed by atoms with van der Waals surface area (Å²) in [6, 6.07) is 4.67. The van der Waals surface area contributed by atoms with Crippen LogP contribution in [0.1, 0.15) is 18.4 Å². The summed E-state index contributed by atoms with van der Waals surface area (Å²) in [6.07, 6.45) is 3.04. The molecular formula is C12H15ClN2O2S. The Morgan fingerprint density at radius 2 is 2.33 bits per heavy atom. The molecule has 0 saturated carbocycles. The maximum absolute atomic E-state index is 10.7. The average Bonchev–Trinajstić information content (AvgIpc) is 2.81. The molecule has 2 N–H and O–H groups in total. The van der Waals surface area contributed by atoms with Gasteiger partial charge in [-0.15, -0.1) is 0 Å². The Kier molecular flexibility index (Phi) is 4.14. The zero-order valence-corrected chi connectivity index (χ0v) is 11.5. The number of hydrogen-bond acceptors (Lipinski definition) is 4. The van der Waals surface area contributed by atoms with Crippen LogP contribution in [0.2, 0.25) is 5.02 Å². The summed E-state index contributed by atoms with van der Waals surface area (Å²) in [7, 11) is 0. The van der Waals surface area contributed by atoms with Crippen molar-refractivity contribution in [1.82, 2.24) is 0 Å². The Morgan fingerprint density at radius 1 is 1.56 bits per heavy atom. The normalized spacial score (nSPS) is 23.2. The fourth-order valence-corrected chi connectivity index (χ4v) is 3.90. The van der Waals surface area contributed by atoms with Crippen LogP contribution in [-0.2, 0) is 6.42 Å². The number of non-ortho nitro benzene ring substituents is 1. The van der Waals surface area contributed by atoms with Crippen LogP contribution in [-0.4, -0.2) is 22.0 Å². The van der Waals surface area contributed by atoms with E-state index in [1.807, 2.05) is 11.8 Å². The summed E-state index contributed by atoms with van der Waals surface area (Å²) in [4.78, 5) is 10.2. The van der Waals surface area contributed by atoms with Gasteiger partial charge in [0.2, 0.25) is 0 Å². The molecule has 0 aliphatic carbocycles. The van der Waals surface area contributed by atoms with Gasteiger partial charge >= 0.3 is 0 Å². The van der Waals surface area contributed by atoms with E-state index in [1.165, 1.54) is 18.6 Å². The van der Waals surface area contributed by atoms with E-state index >= 15 is 0 Å². The van der Waals surface area contributed by atoms with E-state index in [-0.39, 0.29) is 10.4 Å². The van der Waals surface area contributed by atoms with Gasteiger partial charge in [0.25, 0.3) is 5.69 Å². The standard InChI is InChI=1S/C12H15ClN2O2S/c13-11-6-10(15(16)17)3-2-9(11)7-12(8-14)4-1-5-18-12/h2-3,6H,1,4-5,7-8,14H2. The van der Waals surface area contributed by atoms with Crippen molar-refractivity contribution in [3.63, 3.8) is 0 Å². The van der Waals surface area contributed by atoms with E-state index < -0.39 is 4.92 Å². The third kappa shape index (κ3) is 2.79. The van der Waals surface area contributed by atoms with Crippen LogP contribution < -0.4 is 5.73 Å². The second kappa shape index (κ2) is 5.47. The zero-order chi connectivity index (χ0) is 13.2. The van der Waals surface area contributed by atoms with E-state index in [0.717, 1.165) is 24.2 Å². The first kappa shape index (κ1) is 13.6. The summed E-state index contributed by atoms with van der Waals surface area (Å²) in [6.45, 7) is 0.616. The van der Waals surface area contributed by atoms with Crippen molar-refractivity contribution < 1.29 is 4.92 Å². The molecule has 1 atom stereocenters. The summed E-state index contributed by atoms with van der Waals surface area (Å²) >= 11 is 8.00. The van der Waals surface area contributed by atoms with Crippen LogP contribution in [0.15, 0.2) is 18.2 Å². The molecule has 1 aliphatic heterocycles. The lowest BCUT2D eigenvalue weighted by Gasteiger charge is -2.26. The van der Waals surface area contributed by atoms with Gasteiger partial charge in [0.05, 0.1) is 9.95 Å². The number of benzene rings is 1. The first-order valence-corrected chi connectivity index (χ1v) is 7.19. The third-order valence-corrected chi connectivity index (χ3v) is 5.29. The number of hydrogen-bond donors (Lipinski definition) is 1. The lowest BCUT2D eigenvalue weighted by molar-refractivity contribution is -0.384. The van der Waals surface area contributed by atoms with Crippen molar-refractivity contribution in [3.05, 3.63) is 38.9 Å². The van der Waals surface area contributed by atoms with Gasteiger partial charge in [0.15, 0.2) is 0 Å². The number of halogens is 1. The van der Waals surface area contributed by atoms with Crippen LogP contribution in [0.3, 0.4) is 0 Å². The lowest BCUT2D eigenvalue weighted by atomic mass is 9.94. The number of nitro benzene ring substituents is 1. The van der Waals surface area contributed by atoms with Gasteiger partial charge < -0.3 is 5.73 Å². The van der Waals surface area contributed by atoms with Crippen molar-refractivity contribution in [2.75, 3.05) is 12.3 Å². The molecule has 0 bridgehead atoms. The lowest BCUT2D eigenvalue weighted by Crippen LogP contribution is -2.34. The Labute approximate surface area is 115 Å². The molecule has 1 aromatic carbocycles. The Hall–Kier alpha value is -0.780. The molecule has 98 valence electrons. The predicted molar refractivity (Wildman–Crippen MR) is 75.3 cm³/mol. The van der Waals surface area contributed by atoms with Crippen LogP contribution in [0.4, 0.5) is 5.69 Å². The molecule has 6 heteroatoms. The molecule has 4 nitrogen and oxygen atoms in total. The minimum absolute atomic E-state index is 0.0321. The molecule has 1 aromatic rings. The summed E-state index contributed by atoms with van der Waals surface area (Å²) in [5.74, 6) is 1.13. The highest BCUT2D eigenvalue weighted by molar-refractivity contribution is 8.00. The Bertz CT molecular complexity index is 461. The van der Waals surface area contributed by atoms with E-state index in [0.29, 0.717) is 11.6 Å². The topological polar surface area (TPSA) is 69.2 Å². The average molecular weight is 287 g/mol. The van der Waals surface area contributed by atoms with Gasteiger partial charge in [0.1, 0.15) is 0 Å². The van der Waals surface area contributed by atoms with Crippen molar-refractivity contribution in [1.29, 1.82) is 0 Å². The van der Waals surface area contributed by atoms with Crippen molar-refractivity contribution in [2.45, 2.75) is 24.0 Å². The van der Waals surface area contributed by atoms with Crippen LogP contribution in [0, 0.1) is 10.1 Å². The molecule has 1 heterocycles. The first-order valence-electron chi connectivity index (χ1n) is 5.83. The molecule has 1 saturated heterocycles. The summed E-state index contributed by atoms with van der Waals surface area (Å²) in [5.41, 5.74) is 6.85. The quantitative estimate of drug-likeness (QED) is 0.682. The zero-order valence-electron chi connectivity index (χ0n) is 9.89. The molecule has 1 unspecified atom stereocenters. The number of rotatable bonds is 4. The van der Waals surface area contributed by atoms with E-state index in [1.54, 1.807) is 6.07 Å². The van der Waals surface area contributed by atoms with Crippen LogP contribution in [0.5, 0.6) is 0 Å². The maximum Gasteiger partial charge on any atom is 0.270 e. The highest BCUT2D eigenvalue weighted by Gasteiger charge is 2.34. The highest BCUT2D eigenvalue weighted by atomic mass is 35.5. The fraction of sp³-hybridized carbons (Fsp3) is 0.500. The van der Waals surface area contributed by atoms with Gasteiger partial charge in [-0.3, -0.25) is 10.1 Å². The smallest absolute Gasteiger partial charge is 0.270 e. The van der Waals surface area contributed by atoms with Crippen LogP contribution in [0.25, 0.3) is 0 Å². The SMILES string of the molecule is NCC1(Cc2ccc([N+](=O)[O-])cc2Cl)CCCS1. The minimum Gasteiger partial charge on any atom is -0.329 e. The third-order valence-electron chi connectivity index (χ3n) is 3.32. The van der Waals surface area contributed by atoms with Gasteiger partial charge in [-0.1, -0.05) is 17.7 Å². The molecule has 1 fully saturated rings.